The fourth-order valence-electron chi connectivity index (χ4n) is 3.92. The number of rotatable bonds is 3. The van der Waals surface area contributed by atoms with Gasteiger partial charge in [0, 0.05) is 11.8 Å². The van der Waals surface area contributed by atoms with E-state index in [9.17, 15) is 31.5 Å². The third kappa shape index (κ3) is 4.32. The highest BCUT2D eigenvalue weighted by Crippen LogP contribution is 2.41. The van der Waals surface area contributed by atoms with Crippen molar-refractivity contribution >= 4 is 34.9 Å². The van der Waals surface area contributed by atoms with Crippen molar-refractivity contribution in [1.29, 1.82) is 0 Å². The topological polar surface area (TPSA) is 80.8 Å². The van der Waals surface area contributed by atoms with Crippen molar-refractivity contribution in [1.82, 2.24) is 4.98 Å². The fraction of sp³-hybridized carbons (Fsp3) is 0.381. The summed E-state index contributed by atoms with van der Waals surface area (Å²) in [4.78, 5) is 31.1. The normalized spacial score (nSPS) is 23.9. The zero-order valence-corrected chi connectivity index (χ0v) is 18.6. The van der Waals surface area contributed by atoms with Crippen molar-refractivity contribution in [2.45, 2.75) is 51.0 Å². The van der Waals surface area contributed by atoms with Gasteiger partial charge < -0.3 is 14.8 Å². The minimum absolute atomic E-state index is 0.0626. The first-order valence-electron chi connectivity index (χ1n) is 9.88. The number of aromatic nitrogens is 1. The van der Waals surface area contributed by atoms with E-state index in [-0.39, 0.29) is 5.69 Å². The van der Waals surface area contributed by atoms with Gasteiger partial charge in [0.2, 0.25) is 0 Å². The monoisotopic (exact) mass is 505 g/mol. The maximum Gasteiger partial charge on any atom is 0.416 e. The summed E-state index contributed by atoms with van der Waals surface area (Å²) in [5.74, 6) is -5.85. The molecule has 2 saturated heterocycles. The molecular formula is C21H17ClF5N3O4. The molecule has 2 fully saturated rings. The zero-order valence-electron chi connectivity index (χ0n) is 17.8. The van der Waals surface area contributed by atoms with E-state index in [0.29, 0.717) is 12.1 Å². The lowest BCUT2D eigenvalue weighted by Crippen LogP contribution is -2.48. The third-order valence-corrected chi connectivity index (χ3v) is 5.54. The molecule has 3 heterocycles. The molecule has 7 nitrogen and oxygen atoms in total. The molecule has 13 heteroatoms. The molecule has 3 atom stereocenters. The molecule has 0 spiro atoms. The summed E-state index contributed by atoms with van der Waals surface area (Å²) in [6.45, 7) is 4.27. The second-order valence-electron chi connectivity index (χ2n) is 8.26. The van der Waals surface area contributed by atoms with E-state index in [1.54, 1.807) is 0 Å². The number of hydrogen-bond acceptors (Lipinski definition) is 5. The third-order valence-electron chi connectivity index (χ3n) is 5.25. The van der Waals surface area contributed by atoms with Crippen molar-refractivity contribution in [2.24, 2.45) is 0 Å². The van der Waals surface area contributed by atoms with Crippen LogP contribution in [0.1, 0.15) is 25.1 Å². The van der Waals surface area contributed by atoms with Gasteiger partial charge in [-0.3, -0.25) is 14.5 Å². The van der Waals surface area contributed by atoms with Crippen LogP contribution in [-0.2, 0) is 25.2 Å². The minimum atomic E-state index is -4.75. The molecule has 182 valence electrons. The van der Waals surface area contributed by atoms with E-state index in [1.807, 2.05) is 0 Å². The number of pyridine rings is 1. The first-order chi connectivity index (χ1) is 15.7. The van der Waals surface area contributed by atoms with Gasteiger partial charge >= 0.3 is 6.18 Å². The molecule has 0 aliphatic carbocycles. The van der Waals surface area contributed by atoms with Crippen LogP contribution in [0.15, 0.2) is 24.3 Å². The van der Waals surface area contributed by atoms with E-state index < -0.39 is 75.8 Å². The van der Waals surface area contributed by atoms with Crippen molar-refractivity contribution in [3.05, 3.63) is 52.2 Å². The summed E-state index contributed by atoms with van der Waals surface area (Å²) in [5.41, 5.74) is -1.65. The van der Waals surface area contributed by atoms with Gasteiger partial charge in [0.15, 0.2) is 11.9 Å². The molecule has 0 unspecified atom stereocenters. The summed E-state index contributed by atoms with van der Waals surface area (Å²) in [5, 5.41) is 1.71. The Kier molecular flexibility index (Phi) is 5.82. The maximum absolute atomic E-state index is 14.2. The lowest BCUT2D eigenvalue weighted by atomic mass is 10.1. The Balaban J connectivity index is 1.77. The number of amides is 2. The lowest BCUT2D eigenvalue weighted by Gasteiger charge is -2.29. The van der Waals surface area contributed by atoms with Gasteiger partial charge in [-0.1, -0.05) is 11.6 Å². The number of halogens is 6. The predicted molar refractivity (Wildman–Crippen MR) is 109 cm³/mol. The number of nitrogens with one attached hydrogen (secondary N) is 1. The Bertz CT molecular complexity index is 1190. The van der Waals surface area contributed by atoms with E-state index in [0.717, 1.165) is 17.0 Å². The quantitative estimate of drug-likeness (QED) is 0.499. The molecule has 0 saturated carbocycles. The van der Waals surface area contributed by atoms with E-state index in [1.165, 1.54) is 20.8 Å². The van der Waals surface area contributed by atoms with Gasteiger partial charge in [-0.2, -0.15) is 13.2 Å². The summed E-state index contributed by atoms with van der Waals surface area (Å²) in [6, 6.07) is 1.09. The molecule has 34 heavy (non-hydrogen) atoms. The van der Waals surface area contributed by atoms with E-state index >= 15 is 0 Å². The molecule has 2 aromatic rings. The average molecular weight is 506 g/mol. The minimum Gasteiger partial charge on any atom is -0.341 e. The number of carbonyl (C=O) groups is 2. The first kappa shape index (κ1) is 24.3. The van der Waals surface area contributed by atoms with Crippen molar-refractivity contribution in [3.63, 3.8) is 0 Å². The summed E-state index contributed by atoms with van der Waals surface area (Å²) >= 11 is 5.66. The molecule has 2 aliphatic rings. The summed E-state index contributed by atoms with van der Waals surface area (Å²) < 4.78 is 79.1. The van der Waals surface area contributed by atoms with Gasteiger partial charge in [0.25, 0.3) is 11.8 Å². The molecular weight excluding hydrogens is 489 g/mol. The second kappa shape index (κ2) is 8.14. The van der Waals surface area contributed by atoms with E-state index in [2.05, 4.69) is 10.3 Å². The number of fused-ring (bicyclic) bond motifs is 1. The SMILES string of the molecule is Cc1cc(C(F)(F)F)cc(N2C(=O)[C@H]3OC(C)(C)O[C@H]3[C@H]2C(=O)Nc2cc(Cl)c(F)cc2F)n1. The average Bonchev–Trinajstić information content (AvgIpc) is 3.15. The van der Waals surface area contributed by atoms with Crippen LogP contribution in [0.3, 0.4) is 0 Å². The van der Waals surface area contributed by atoms with Crippen LogP contribution in [0.2, 0.25) is 5.02 Å². The first-order valence-corrected chi connectivity index (χ1v) is 10.3. The van der Waals surface area contributed by atoms with Crippen LogP contribution in [-0.4, -0.2) is 40.8 Å². The van der Waals surface area contributed by atoms with Gasteiger partial charge in [-0.15, -0.1) is 0 Å². The predicted octanol–water partition coefficient (Wildman–Crippen LogP) is 4.21. The zero-order chi connectivity index (χ0) is 25.2. The van der Waals surface area contributed by atoms with Crippen LogP contribution in [0.4, 0.5) is 33.5 Å². The van der Waals surface area contributed by atoms with Gasteiger partial charge in [0.05, 0.1) is 16.3 Å². The highest BCUT2D eigenvalue weighted by atomic mass is 35.5. The smallest absolute Gasteiger partial charge is 0.341 e. The number of hydrogen-bond donors (Lipinski definition) is 1. The van der Waals surface area contributed by atoms with Crippen LogP contribution in [0.5, 0.6) is 0 Å². The number of benzene rings is 1. The van der Waals surface area contributed by atoms with Gasteiger partial charge in [-0.05, 0) is 39.0 Å². The molecule has 4 rings (SSSR count). The maximum atomic E-state index is 14.2. The van der Waals surface area contributed by atoms with Gasteiger partial charge in [-0.25, -0.2) is 13.8 Å². The number of carbonyl (C=O) groups excluding carboxylic acids is 2. The number of alkyl halides is 3. The number of aryl methyl sites for hydroxylation is 1. The highest BCUT2D eigenvalue weighted by molar-refractivity contribution is 6.31. The number of nitrogens with zero attached hydrogens (tertiary/aromatic N) is 2. The summed E-state index contributed by atoms with van der Waals surface area (Å²) in [6.07, 6.45) is -7.33. The van der Waals surface area contributed by atoms with E-state index in [4.69, 9.17) is 21.1 Å². The molecule has 0 bridgehead atoms. The van der Waals surface area contributed by atoms with Crippen molar-refractivity contribution in [2.75, 3.05) is 10.2 Å². The lowest BCUT2D eigenvalue weighted by molar-refractivity contribution is -0.161. The van der Waals surface area contributed by atoms with Crippen LogP contribution in [0.25, 0.3) is 0 Å². The Morgan fingerprint density at radius 3 is 2.47 bits per heavy atom. The molecule has 0 radical (unpaired) electrons. The number of ether oxygens (including phenoxy) is 2. The second-order valence-corrected chi connectivity index (χ2v) is 8.67. The Morgan fingerprint density at radius 2 is 1.82 bits per heavy atom. The van der Waals surface area contributed by atoms with Crippen LogP contribution in [0, 0.1) is 18.6 Å². The summed E-state index contributed by atoms with van der Waals surface area (Å²) in [7, 11) is 0. The molecule has 2 amide bonds. The Labute approximate surface area is 194 Å². The molecule has 1 aromatic heterocycles. The molecule has 1 aromatic carbocycles. The van der Waals surface area contributed by atoms with Crippen LogP contribution < -0.4 is 10.2 Å². The Morgan fingerprint density at radius 1 is 1.15 bits per heavy atom. The van der Waals surface area contributed by atoms with Gasteiger partial charge in [0.1, 0.15) is 29.6 Å². The number of anilines is 2. The highest BCUT2D eigenvalue weighted by Gasteiger charge is 2.61. The molecule has 2 aliphatic heterocycles. The standard InChI is InChI=1S/C21H17ClF5N3O4/c1-8-4-9(21(25,26)27)5-14(28-8)30-15(16-17(19(30)32)34-20(2,3)33-16)18(31)29-13-6-10(22)11(23)7-12(13)24/h4-7,15-17H,1-3H3,(H,29,31)/t15-,16-,17-/m0/s1. The van der Waals surface area contributed by atoms with Crippen LogP contribution >= 0.6 is 11.6 Å². The molecule has 1 N–H and O–H groups in total. The fourth-order valence-corrected chi connectivity index (χ4v) is 4.08. The Hall–Kier alpha value is -2.83. The van der Waals surface area contributed by atoms with Crippen molar-refractivity contribution in [3.8, 4) is 0 Å². The largest absolute Gasteiger partial charge is 0.416 e. The van der Waals surface area contributed by atoms with Crippen molar-refractivity contribution < 1.29 is 41.0 Å².